The van der Waals surface area contributed by atoms with Crippen molar-refractivity contribution in [3.63, 3.8) is 0 Å². The molecular weight excluding hydrogens is 294 g/mol. The third kappa shape index (κ3) is 4.15. The number of amides is 1. The summed E-state index contributed by atoms with van der Waals surface area (Å²) in [5, 5.41) is 0. The van der Waals surface area contributed by atoms with Crippen molar-refractivity contribution in [2.75, 3.05) is 0 Å². The molecule has 2 rings (SSSR count). The summed E-state index contributed by atoms with van der Waals surface area (Å²) >= 11 is 0. The van der Waals surface area contributed by atoms with Gasteiger partial charge in [-0.3, -0.25) is 4.79 Å². The first-order valence-electron chi connectivity index (χ1n) is 8.29. The average molecular weight is 321 g/mol. The SMILES string of the molecule is CC(C(=O)c1ccco1)C1CCCC(C)N1C(=O)OC(C)(C)C. The van der Waals surface area contributed by atoms with Gasteiger partial charge in [0.15, 0.2) is 5.76 Å². The van der Waals surface area contributed by atoms with Gasteiger partial charge in [0.1, 0.15) is 5.60 Å². The normalized spacial score (nSPS) is 23.4. The minimum Gasteiger partial charge on any atom is -0.461 e. The zero-order chi connectivity index (χ0) is 17.2. The maximum atomic E-state index is 12.6. The van der Waals surface area contributed by atoms with E-state index >= 15 is 0 Å². The molecule has 2 heterocycles. The second-order valence-electron chi connectivity index (χ2n) is 7.37. The van der Waals surface area contributed by atoms with Crippen molar-refractivity contribution < 1.29 is 18.7 Å². The predicted octanol–water partition coefficient (Wildman–Crippen LogP) is 4.28. The fraction of sp³-hybridized carbons (Fsp3) is 0.667. The van der Waals surface area contributed by atoms with Crippen LogP contribution in [0.2, 0.25) is 0 Å². The Balaban J connectivity index is 2.19. The van der Waals surface area contributed by atoms with Crippen LogP contribution in [0.5, 0.6) is 0 Å². The minimum absolute atomic E-state index is 0.0652. The van der Waals surface area contributed by atoms with Crippen LogP contribution in [0.25, 0.3) is 0 Å². The number of carbonyl (C=O) groups excluding carboxylic acids is 2. The van der Waals surface area contributed by atoms with E-state index in [-0.39, 0.29) is 29.9 Å². The van der Waals surface area contributed by atoms with Crippen LogP contribution in [0.3, 0.4) is 0 Å². The van der Waals surface area contributed by atoms with E-state index in [9.17, 15) is 9.59 Å². The lowest BCUT2D eigenvalue weighted by Gasteiger charge is -2.43. The topological polar surface area (TPSA) is 59.8 Å². The molecule has 128 valence electrons. The third-order valence-electron chi connectivity index (χ3n) is 4.31. The van der Waals surface area contributed by atoms with E-state index in [1.54, 1.807) is 17.0 Å². The summed E-state index contributed by atoms with van der Waals surface area (Å²) in [6.07, 6.45) is 3.89. The van der Waals surface area contributed by atoms with Gasteiger partial charge in [0.05, 0.1) is 6.26 Å². The highest BCUT2D eigenvalue weighted by molar-refractivity contribution is 5.95. The van der Waals surface area contributed by atoms with E-state index in [2.05, 4.69) is 0 Å². The Morgan fingerprint density at radius 2 is 2.04 bits per heavy atom. The number of hydrogen-bond acceptors (Lipinski definition) is 4. The lowest BCUT2D eigenvalue weighted by Crippen LogP contribution is -2.54. The number of furan rings is 1. The molecule has 0 spiro atoms. The highest BCUT2D eigenvalue weighted by Gasteiger charge is 2.40. The fourth-order valence-electron chi connectivity index (χ4n) is 3.17. The number of nitrogens with zero attached hydrogens (tertiary/aromatic N) is 1. The summed E-state index contributed by atoms with van der Waals surface area (Å²) in [5.74, 6) is -0.0426. The maximum Gasteiger partial charge on any atom is 0.410 e. The number of rotatable bonds is 3. The van der Waals surface area contributed by atoms with Crippen molar-refractivity contribution in [3.8, 4) is 0 Å². The second kappa shape index (κ2) is 6.77. The van der Waals surface area contributed by atoms with Crippen LogP contribution in [-0.2, 0) is 4.74 Å². The molecule has 3 atom stereocenters. The van der Waals surface area contributed by atoms with Gasteiger partial charge >= 0.3 is 6.09 Å². The van der Waals surface area contributed by atoms with E-state index < -0.39 is 5.60 Å². The van der Waals surface area contributed by atoms with Gasteiger partial charge in [0.2, 0.25) is 5.78 Å². The van der Waals surface area contributed by atoms with Gasteiger partial charge in [0, 0.05) is 18.0 Å². The molecule has 0 aromatic carbocycles. The highest BCUT2D eigenvalue weighted by Crippen LogP contribution is 2.31. The number of hydrogen-bond donors (Lipinski definition) is 0. The second-order valence-corrected chi connectivity index (χ2v) is 7.37. The molecule has 5 nitrogen and oxygen atoms in total. The summed E-state index contributed by atoms with van der Waals surface area (Å²) in [4.78, 5) is 27.0. The molecule has 1 saturated heterocycles. The van der Waals surface area contributed by atoms with Gasteiger partial charge in [-0.2, -0.15) is 0 Å². The molecule has 0 N–H and O–H groups in total. The standard InChI is InChI=1S/C18H27NO4/c1-12-8-6-9-14(19(12)17(21)23-18(3,4)5)13(2)16(20)15-10-7-11-22-15/h7,10-14H,6,8-9H2,1-5H3. The number of likely N-dealkylation sites (tertiary alicyclic amines) is 1. The molecule has 0 aliphatic carbocycles. The molecule has 1 amide bonds. The van der Waals surface area contributed by atoms with Crippen LogP contribution in [0, 0.1) is 5.92 Å². The molecule has 1 aliphatic rings. The molecule has 0 radical (unpaired) electrons. The molecule has 0 bridgehead atoms. The maximum absolute atomic E-state index is 12.6. The van der Waals surface area contributed by atoms with Crippen LogP contribution in [-0.4, -0.2) is 34.5 Å². The number of piperidine rings is 1. The molecule has 23 heavy (non-hydrogen) atoms. The first kappa shape index (κ1) is 17.6. The number of ether oxygens (including phenoxy) is 1. The van der Waals surface area contributed by atoms with Crippen molar-refractivity contribution in [2.45, 2.75) is 71.6 Å². The molecular formula is C18H27NO4. The van der Waals surface area contributed by atoms with E-state index in [0.717, 1.165) is 19.3 Å². The molecule has 1 fully saturated rings. The first-order chi connectivity index (χ1) is 10.7. The van der Waals surface area contributed by atoms with Gasteiger partial charge in [-0.1, -0.05) is 6.92 Å². The number of carbonyl (C=O) groups is 2. The number of ketones is 1. The van der Waals surface area contributed by atoms with Crippen molar-refractivity contribution in [3.05, 3.63) is 24.2 Å². The van der Waals surface area contributed by atoms with Gasteiger partial charge in [0.25, 0.3) is 0 Å². The van der Waals surface area contributed by atoms with Crippen LogP contribution in [0.1, 0.15) is 64.4 Å². The summed E-state index contributed by atoms with van der Waals surface area (Å²) < 4.78 is 10.8. The zero-order valence-electron chi connectivity index (χ0n) is 14.7. The Labute approximate surface area is 138 Å². The minimum atomic E-state index is -0.549. The van der Waals surface area contributed by atoms with Crippen LogP contribution >= 0.6 is 0 Å². The Kier molecular flexibility index (Phi) is 5.17. The van der Waals surface area contributed by atoms with Crippen molar-refractivity contribution in [1.29, 1.82) is 0 Å². The third-order valence-corrected chi connectivity index (χ3v) is 4.31. The summed E-state index contributed by atoms with van der Waals surface area (Å²) in [5.41, 5.74) is -0.549. The summed E-state index contributed by atoms with van der Waals surface area (Å²) in [6.45, 7) is 9.44. The Morgan fingerprint density at radius 1 is 1.35 bits per heavy atom. The van der Waals surface area contributed by atoms with E-state index in [1.165, 1.54) is 6.26 Å². The van der Waals surface area contributed by atoms with Crippen molar-refractivity contribution in [2.24, 2.45) is 5.92 Å². The Morgan fingerprint density at radius 3 is 2.61 bits per heavy atom. The first-order valence-corrected chi connectivity index (χ1v) is 8.29. The lowest BCUT2D eigenvalue weighted by atomic mass is 9.86. The summed E-state index contributed by atoms with van der Waals surface area (Å²) in [6, 6.07) is 3.28. The van der Waals surface area contributed by atoms with Crippen molar-refractivity contribution in [1.82, 2.24) is 4.90 Å². The Bertz CT molecular complexity index is 544. The van der Waals surface area contributed by atoms with E-state index in [1.807, 2.05) is 34.6 Å². The molecule has 0 saturated carbocycles. The smallest absolute Gasteiger partial charge is 0.410 e. The molecule has 5 heteroatoms. The van der Waals surface area contributed by atoms with Gasteiger partial charge < -0.3 is 14.1 Å². The largest absolute Gasteiger partial charge is 0.461 e. The van der Waals surface area contributed by atoms with Gasteiger partial charge in [-0.05, 0) is 59.1 Å². The van der Waals surface area contributed by atoms with Crippen molar-refractivity contribution >= 4 is 11.9 Å². The molecule has 1 aliphatic heterocycles. The lowest BCUT2D eigenvalue weighted by molar-refractivity contribution is -0.00991. The Hall–Kier alpha value is -1.78. The van der Waals surface area contributed by atoms with E-state index in [0.29, 0.717) is 5.76 Å². The summed E-state index contributed by atoms with van der Waals surface area (Å²) in [7, 11) is 0. The highest BCUT2D eigenvalue weighted by atomic mass is 16.6. The van der Waals surface area contributed by atoms with Gasteiger partial charge in [-0.25, -0.2) is 4.79 Å². The van der Waals surface area contributed by atoms with Gasteiger partial charge in [-0.15, -0.1) is 0 Å². The quantitative estimate of drug-likeness (QED) is 0.780. The predicted molar refractivity (Wildman–Crippen MR) is 87.4 cm³/mol. The number of Topliss-reactive ketones (excluding diaryl/α,β-unsaturated/α-hetero) is 1. The van der Waals surface area contributed by atoms with Crippen LogP contribution < -0.4 is 0 Å². The van der Waals surface area contributed by atoms with Crippen LogP contribution in [0.4, 0.5) is 4.79 Å². The fourth-order valence-corrected chi connectivity index (χ4v) is 3.17. The van der Waals surface area contributed by atoms with E-state index in [4.69, 9.17) is 9.15 Å². The molecule has 1 aromatic rings. The van der Waals surface area contributed by atoms with Crippen LogP contribution in [0.15, 0.2) is 22.8 Å². The average Bonchev–Trinajstić information content (AvgIpc) is 2.97. The monoisotopic (exact) mass is 321 g/mol. The molecule has 3 unspecified atom stereocenters. The molecule has 1 aromatic heterocycles. The zero-order valence-corrected chi connectivity index (χ0v) is 14.7.